The molecule has 7 rings (SSSR count). The molecular weight excluding hydrogens is 618 g/mol. The Morgan fingerprint density at radius 1 is 1.04 bits per heavy atom. The predicted molar refractivity (Wildman–Crippen MR) is 188 cm³/mol. The van der Waals surface area contributed by atoms with Crippen LogP contribution in [0.4, 0.5) is 4.79 Å². The molecule has 2 amide bonds. The minimum absolute atomic E-state index is 0.130. The number of aromatic hydroxyl groups is 1. The lowest BCUT2D eigenvalue weighted by Crippen LogP contribution is -2.33. The minimum atomic E-state index is -0.551. The van der Waals surface area contributed by atoms with Gasteiger partial charge in [0.1, 0.15) is 11.4 Å². The average molecular weight is 660 g/mol. The largest absolute Gasteiger partial charge is 0.508 e. The van der Waals surface area contributed by atoms with Crippen molar-refractivity contribution < 1.29 is 19.4 Å². The van der Waals surface area contributed by atoms with E-state index >= 15 is 0 Å². The SMILES string of the molecule is Cn1cnc(Cn2cc(CCNC(=O)OC(C)(C)C)c3ccc(CNCc4[nH]c5ccccc5c4C4NC(=O)c5ccc(O)cc54)cc32)c1. The van der Waals surface area contributed by atoms with Gasteiger partial charge in [-0.05, 0) is 74.2 Å². The second-order valence-corrected chi connectivity index (χ2v) is 13.7. The number of ether oxygens (including phenoxy) is 1. The van der Waals surface area contributed by atoms with Crippen LogP contribution in [0, 0.1) is 0 Å². The number of carbonyl (C=O) groups excluding carboxylic acids is 2. The molecule has 0 radical (unpaired) electrons. The van der Waals surface area contributed by atoms with Crippen LogP contribution in [0.25, 0.3) is 21.8 Å². The van der Waals surface area contributed by atoms with Gasteiger partial charge in [-0.2, -0.15) is 0 Å². The molecule has 1 aliphatic heterocycles. The van der Waals surface area contributed by atoms with Crippen LogP contribution in [0.15, 0.2) is 79.4 Å². The summed E-state index contributed by atoms with van der Waals surface area (Å²) in [4.78, 5) is 33.2. The maximum absolute atomic E-state index is 12.9. The summed E-state index contributed by atoms with van der Waals surface area (Å²) >= 11 is 0. The zero-order valence-corrected chi connectivity index (χ0v) is 28.1. The Bertz CT molecular complexity index is 2190. The first kappa shape index (κ1) is 32.0. The number of nitrogens with zero attached hydrogens (tertiary/aromatic N) is 3. The molecule has 0 fully saturated rings. The van der Waals surface area contributed by atoms with E-state index in [-0.39, 0.29) is 17.7 Å². The average Bonchev–Trinajstić information content (AvgIpc) is 3.80. The third kappa shape index (κ3) is 6.75. The van der Waals surface area contributed by atoms with E-state index in [4.69, 9.17) is 4.74 Å². The number of imidazole rings is 1. The van der Waals surface area contributed by atoms with Gasteiger partial charge in [-0.15, -0.1) is 0 Å². The molecule has 0 bridgehead atoms. The fourth-order valence-corrected chi connectivity index (χ4v) is 6.72. The molecule has 49 heavy (non-hydrogen) atoms. The number of aromatic amines is 1. The lowest BCUT2D eigenvalue weighted by Gasteiger charge is -2.19. The van der Waals surface area contributed by atoms with E-state index in [1.54, 1.807) is 24.5 Å². The minimum Gasteiger partial charge on any atom is -0.508 e. The van der Waals surface area contributed by atoms with Gasteiger partial charge in [-0.3, -0.25) is 4.79 Å². The number of fused-ring (bicyclic) bond motifs is 3. The first-order valence-electron chi connectivity index (χ1n) is 16.5. The lowest BCUT2D eigenvalue weighted by atomic mass is 9.95. The van der Waals surface area contributed by atoms with E-state index in [9.17, 15) is 14.7 Å². The van der Waals surface area contributed by atoms with Crippen molar-refractivity contribution in [1.82, 2.24) is 35.1 Å². The van der Waals surface area contributed by atoms with Crippen molar-refractivity contribution in [3.63, 3.8) is 0 Å². The van der Waals surface area contributed by atoms with E-state index in [1.807, 2.05) is 56.8 Å². The van der Waals surface area contributed by atoms with Crippen LogP contribution < -0.4 is 16.0 Å². The summed E-state index contributed by atoms with van der Waals surface area (Å²) in [6.07, 6.45) is 6.21. The van der Waals surface area contributed by atoms with E-state index in [0.717, 1.165) is 55.4 Å². The molecule has 252 valence electrons. The van der Waals surface area contributed by atoms with Crippen molar-refractivity contribution in [2.45, 2.75) is 58.5 Å². The molecule has 6 aromatic rings. The third-order valence-electron chi connectivity index (χ3n) is 8.80. The molecule has 1 unspecified atom stereocenters. The first-order valence-corrected chi connectivity index (χ1v) is 16.5. The third-order valence-corrected chi connectivity index (χ3v) is 8.80. The van der Waals surface area contributed by atoms with Gasteiger partial charge < -0.3 is 39.9 Å². The maximum Gasteiger partial charge on any atom is 0.407 e. The molecule has 11 heteroatoms. The topological polar surface area (TPSA) is 138 Å². The van der Waals surface area contributed by atoms with Gasteiger partial charge in [0.2, 0.25) is 0 Å². The fraction of sp³-hybridized carbons (Fsp3) is 0.289. The number of H-pyrrole nitrogens is 1. The smallest absolute Gasteiger partial charge is 0.407 e. The molecule has 3 aromatic heterocycles. The fourth-order valence-electron chi connectivity index (χ4n) is 6.72. The number of nitrogens with one attached hydrogen (secondary N) is 4. The van der Waals surface area contributed by atoms with E-state index in [1.165, 1.54) is 0 Å². The Morgan fingerprint density at radius 3 is 2.67 bits per heavy atom. The Balaban J connectivity index is 1.12. The molecule has 4 heterocycles. The number of hydrogen-bond acceptors (Lipinski definition) is 6. The summed E-state index contributed by atoms with van der Waals surface area (Å²) in [6.45, 7) is 7.79. The molecule has 3 aromatic carbocycles. The number of benzene rings is 3. The highest BCUT2D eigenvalue weighted by Crippen LogP contribution is 2.38. The Kier molecular flexibility index (Phi) is 8.37. The summed E-state index contributed by atoms with van der Waals surface area (Å²) in [7, 11) is 1.96. The number of alkyl carbamates (subject to hydrolysis) is 1. The number of aromatic nitrogens is 4. The normalized spacial score (nSPS) is 14.4. The van der Waals surface area contributed by atoms with Gasteiger partial charge in [0.25, 0.3) is 5.91 Å². The van der Waals surface area contributed by atoms with Crippen LogP contribution in [0.5, 0.6) is 5.75 Å². The standard InChI is InChI=1S/C38H41N7O4/c1-38(2,3)49-37(48)40-14-13-24-19-45(21-25-20-44(4)22-41-25)33-15-23(9-11-27(24)33)17-39-18-32-34(29-7-5-6-8-31(29)42-32)35-30-16-26(46)10-12-28(30)36(47)43-35/h5-12,15-16,19-20,22,35,39,42,46H,13-14,17-18,21H2,1-4H3,(H,40,48)(H,43,47). The van der Waals surface area contributed by atoms with Crippen molar-refractivity contribution in [2.24, 2.45) is 7.05 Å². The summed E-state index contributed by atoms with van der Waals surface area (Å²) < 4.78 is 9.57. The first-order chi connectivity index (χ1) is 23.5. The van der Waals surface area contributed by atoms with Crippen molar-refractivity contribution >= 4 is 33.8 Å². The van der Waals surface area contributed by atoms with Crippen molar-refractivity contribution in [3.05, 3.63) is 119 Å². The Hall–Kier alpha value is -5.55. The molecule has 0 saturated heterocycles. The Morgan fingerprint density at radius 2 is 1.88 bits per heavy atom. The quantitative estimate of drug-likeness (QED) is 0.126. The summed E-state index contributed by atoms with van der Waals surface area (Å²) in [5.41, 5.74) is 8.05. The molecule has 1 aliphatic rings. The van der Waals surface area contributed by atoms with E-state index in [2.05, 4.69) is 60.9 Å². The zero-order valence-electron chi connectivity index (χ0n) is 28.1. The van der Waals surface area contributed by atoms with Gasteiger partial charge in [-0.25, -0.2) is 9.78 Å². The Labute approximate surface area is 284 Å². The monoisotopic (exact) mass is 659 g/mol. The van der Waals surface area contributed by atoms with Crippen LogP contribution >= 0.6 is 0 Å². The highest BCUT2D eigenvalue weighted by atomic mass is 16.6. The number of para-hydroxylation sites is 1. The van der Waals surface area contributed by atoms with Gasteiger partial charge in [0.05, 0.1) is 24.6 Å². The second kappa shape index (κ2) is 12.8. The van der Waals surface area contributed by atoms with E-state index < -0.39 is 11.7 Å². The van der Waals surface area contributed by atoms with Crippen LogP contribution in [0.1, 0.15) is 70.8 Å². The van der Waals surface area contributed by atoms with Crippen LogP contribution in [-0.4, -0.2) is 48.4 Å². The van der Waals surface area contributed by atoms with Gasteiger partial charge >= 0.3 is 6.09 Å². The number of aryl methyl sites for hydroxylation is 1. The number of phenolic OH excluding ortho intramolecular Hbond substituents is 1. The maximum atomic E-state index is 12.9. The van der Waals surface area contributed by atoms with Gasteiger partial charge in [-0.1, -0.05) is 30.3 Å². The van der Waals surface area contributed by atoms with Crippen molar-refractivity contribution in [1.29, 1.82) is 0 Å². The summed E-state index contributed by atoms with van der Waals surface area (Å²) in [5, 5.41) is 22.0. The molecule has 0 saturated carbocycles. The van der Waals surface area contributed by atoms with Gasteiger partial charge in [0.15, 0.2) is 0 Å². The highest BCUT2D eigenvalue weighted by Gasteiger charge is 2.33. The summed E-state index contributed by atoms with van der Waals surface area (Å²) in [6, 6.07) is 19.1. The number of amides is 2. The number of phenols is 1. The van der Waals surface area contributed by atoms with Crippen LogP contribution in [0.2, 0.25) is 0 Å². The number of carbonyl (C=O) groups is 2. The van der Waals surface area contributed by atoms with Crippen molar-refractivity contribution in [3.8, 4) is 5.75 Å². The molecular formula is C38H41N7O4. The molecule has 0 spiro atoms. The number of rotatable bonds is 10. The van der Waals surface area contributed by atoms with Crippen molar-refractivity contribution in [2.75, 3.05) is 6.54 Å². The zero-order chi connectivity index (χ0) is 34.3. The molecule has 5 N–H and O–H groups in total. The predicted octanol–water partition coefficient (Wildman–Crippen LogP) is 5.80. The van der Waals surface area contributed by atoms with Crippen LogP contribution in [0.3, 0.4) is 0 Å². The number of hydrogen-bond donors (Lipinski definition) is 5. The summed E-state index contributed by atoms with van der Waals surface area (Å²) in [5.74, 6) is -0.0170. The molecule has 1 atom stereocenters. The molecule has 11 nitrogen and oxygen atoms in total. The lowest BCUT2D eigenvalue weighted by molar-refractivity contribution is 0.0528. The second-order valence-electron chi connectivity index (χ2n) is 13.7. The van der Waals surface area contributed by atoms with Crippen LogP contribution in [-0.2, 0) is 37.8 Å². The highest BCUT2D eigenvalue weighted by molar-refractivity contribution is 6.01. The van der Waals surface area contributed by atoms with E-state index in [0.29, 0.717) is 38.2 Å². The van der Waals surface area contributed by atoms with Gasteiger partial charge in [0, 0.05) is 77.7 Å². The molecule has 0 aliphatic carbocycles.